The van der Waals surface area contributed by atoms with Crippen molar-refractivity contribution in [2.45, 2.75) is 26.2 Å². The molecule has 0 fully saturated rings. The summed E-state index contributed by atoms with van der Waals surface area (Å²) in [5.74, 6) is 1.02. The number of H-pyrrole nitrogens is 1. The van der Waals surface area contributed by atoms with Crippen molar-refractivity contribution in [3.05, 3.63) is 58.9 Å². The summed E-state index contributed by atoms with van der Waals surface area (Å²) in [4.78, 5) is 30.9. The highest BCUT2D eigenvalue weighted by Crippen LogP contribution is 2.21. The third-order valence-corrected chi connectivity index (χ3v) is 4.07. The van der Waals surface area contributed by atoms with Gasteiger partial charge in [-0.3, -0.25) is 9.59 Å². The van der Waals surface area contributed by atoms with Crippen LogP contribution in [0.3, 0.4) is 0 Å². The number of aromatic nitrogens is 2. The number of esters is 1. The normalized spacial score (nSPS) is 10.7. The third-order valence-electron chi connectivity index (χ3n) is 4.07. The summed E-state index contributed by atoms with van der Waals surface area (Å²) < 4.78 is 10.7. The van der Waals surface area contributed by atoms with Gasteiger partial charge in [-0.2, -0.15) is 0 Å². The summed E-state index contributed by atoms with van der Waals surface area (Å²) >= 11 is 0. The van der Waals surface area contributed by atoms with Gasteiger partial charge in [-0.1, -0.05) is 24.3 Å². The van der Waals surface area contributed by atoms with Crippen LogP contribution in [0.15, 0.2) is 53.3 Å². The van der Waals surface area contributed by atoms with Gasteiger partial charge in [0, 0.05) is 12.0 Å². The number of aromatic amines is 1. The Morgan fingerprint density at radius 2 is 1.96 bits per heavy atom. The number of nitrogens with zero attached hydrogens (tertiary/aromatic N) is 1. The number of rotatable bonds is 8. The van der Waals surface area contributed by atoms with Gasteiger partial charge in [0.1, 0.15) is 11.6 Å². The summed E-state index contributed by atoms with van der Waals surface area (Å²) in [6.07, 6.45) is 1.88. The van der Waals surface area contributed by atoms with Crippen molar-refractivity contribution in [3.8, 4) is 17.1 Å². The van der Waals surface area contributed by atoms with Gasteiger partial charge < -0.3 is 14.5 Å². The Labute approximate surface area is 157 Å². The topological polar surface area (TPSA) is 81.3 Å². The fourth-order valence-electron chi connectivity index (χ4n) is 2.75. The number of para-hydroxylation sites is 1. The molecule has 0 unspecified atom stereocenters. The predicted octanol–water partition coefficient (Wildman–Crippen LogP) is 3.70. The Kier molecular flexibility index (Phi) is 6.20. The molecule has 3 rings (SSSR count). The minimum Gasteiger partial charge on any atom is -0.494 e. The fraction of sp³-hybridized carbons (Fsp3) is 0.286. The predicted molar refractivity (Wildman–Crippen MR) is 104 cm³/mol. The first kappa shape index (κ1) is 18.6. The zero-order chi connectivity index (χ0) is 19.1. The molecule has 1 heterocycles. The van der Waals surface area contributed by atoms with Gasteiger partial charge in [0.25, 0.3) is 5.56 Å². The molecule has 1 aromatic heterocycles. The van der Waals surface area contributed by atoms with Crippen LogP contribution in [0.4, 0.5) is 0 Å². The lowest BCUT2D eigenvalue weighted by atomic mass is 10.2. The van der Waals surface area contributed by atoms with Crippen molar-refractivity contribution >= 4 is 16.9 Å². The number of ether oxygens (including phenoxy) is 2. The van der Waals surface area contributed by atoms with E-state index in [1.807, 2.05) is 42.5 Å². The van der Waals surface area contributed by atoms with Crippen LogP contribution in [0.1, 0.15) is 26.2 Å². The average molecular weight is 366 g/mol. The highest BCUT2D eigenvalue weighted by Gasteiger charge is 2.07. The quantitative estimate of drug-likeness (QED) is 0.486. The van der Waals surface area contributed by atoms with Crippen LogP contribution in [-0.2, 0) is 9.53 Å². The van der Waals surface area contributed by atoms with E-state index in [2.05, 4.69) is 9.97 Å². The van der Waals surface area contributed by atoms with E-state index < -0.39 is 0 Å². The van der Waals surface area contributed by atoms with Crippen LogP contribution in [0.2, 0.25) is 0 Å². The molecular weight excluding hydrogens is 344 g/mol. The van der Waals surface area contributed by atoms with Crippen LogP contribution >= 0.6 is 0 Å². The Morgan fingerprint density at radius 3 is 2.81 bits per heavy atom. The summed E-state index contributed by atoms with van der Waals surface area (Å²) in [5.41, 5.74) is 1.27. The highest BCUT2D eigenvalue weighted by molar-refractivity contribution is 5.79. The van der Waals surface area contributed by atoms with E-state index in [1.165, 1.54) is 0 Å². The largest absolute Gasteiger partial charge is 0.494 e. The molecule has 0 radical (unpaired) electrons. The average Bonchev–Trinajstić information content (AvgIpc) is 2.68. The SMILES string of the molecule is CCOC(=O)CCCCOc1cccc(-c2nc3ccccc3c(=O)[nH]2)c1. The molecule has 6 nitrogen and oxygen atoms in total. The first-order valence-corrected chi connectivity index (χ1v) is 9.05. The second-order valence-corrected chi connectivity index (χ2v) is 6.07. The monoisotopic (exact) mass is 366 g/mol. The molecule has 0 amide bonds. The van der Waals surface area contributed by atoms with Gasteiger partial charge in [0.15, 0.2) is 0 Å². The molecule has 0 aliphatic heterocycles. The molecule has 0 atom stereocenters. The van der Waals surface area contributed by atoms with Crippen molar-refractivity contribution in [1.82, 2.24) is 9.97 Å². The molecule has 1 N–H and O–H groups in total. The van der Waals surface area contributed by atoms with Crippen molar-refractivity contribution < 1.29 is 14.3 Å². The molecule has 0 bridgehead atoms. The van der Waals surface area contributed by atoms with Gasteiger partial charge in [-0.25, -0.2) is 4.98 Å². The molecule has 2 aromatic carbocycles. The van der Waals surface area contributed by atoms with E-state index in [0.717, 1.165) is 18.4 Å². The van der Waals surface area contributed by atoms with E-state index in [-0.39, 0.29) is 11.5 Å². The second kappa shape index (κ2) is 8.98. The minimum absolute atomic E-state index is 0.166. The van der Waals surface area contributed by atoms with Crippen LogP contribution in [-0.4, -0.2) is 29.2 Å². The van der Waals surface area contributed by atoms with Crippen molar-refractivity contribution in [2.75, 3.05) is 13.2 Å². The van der Waals surface area contributed by atoms with E-state index in [1.54, 1.807) is 13.0 Å². The molecular formula is C21H22N2O4. The number of nitrogens with one attached hydrogen (secondary N) is 1. The molecule has 0 saturated carbocycles. The number of unbranched alkanes of at least 4 members (excludes halogenated alkanes) is 1. The van der Waals surface area contributed by atoms with Gasteiger partial charge in [-0.15, -0.1) is 0 Å². The Balaban J connectivity index is 1.64. The molecule has 0 aliphatic carbocycles. The number of fused-ring (bicyclic) bond motifs is 1. The standard InChI is InChI=1S/C21H22N2O4/c1-2-26-19(24)12-5-6-13-27-16-9-7-8-15(14-16)20-22-18-11-4-3-10-17(18)21(25)23-20/h3-4,7-11,14H,2,5-6,12-13H2,1H3,(H,22,23,25). The number of hydrogen-bond acceptors (Lipinski definition) is 5. The van der Waals surface area contributed by atoms with E-state index in [9.17, 15) is 9.59 Å². The maximum atomic E-state index is 12.2. The lowest BCUT2D eigenvalue weighted by Gasteiger charge is -2.08. The van der Waals surface area contributed by atoms with Gasteiger partial charge in [-0.05, 0) is 44.0 Å². The third kappa shape index (κ3) is 4.94. The molecule has 0 spiro atoms. The fourth-order valence-corrected chi connectivity index (χ4v) is 2.75. The zero-order valence-corrected chi connectivity index (χ0v) is 15.2. The summed E-state index contributed by atoms with van der Waals surface area (Å²) in [6, 6.07) is 14.7. The summed E-state index contributed by atoms with van der Waals surface area (Å²) in [5, 5.41) is 0.565. The summed E-state index contributed by atoms with van der Waals surface area (Å²) in [7, 11) is 0. The lowest BCUT2D eigenvalue weighted by molar-refractivity contribution is -0.143. The minimum atomic E-state index is -0.175. The maximum Gasteiger partial charge on any atom is 0.305 e. The summed E-state index contributed by atoms with van der Waals surface area (Å²) in [6.45, 7) is 2.71. The Morgan fingerprint density at radius 1 is 1.11 bits per heavy atom. The van der Waals surface area contributed by atoms with Gasteiger partial charge >= 0.3 is 5.97 Å². The highest BCUT2D eigenvalue weighted by atomic mass is 16.5. The molecule has 6 heteroatoms. The molecule has 27 heavy (non-hydrogen) atoms. The smallest absolute Gasteiger partial charge is 0.305 e. The Bertz CT molecular complexity index is 981. The first-order chi connectivity index (χ1) is 13.2. The van der Waals surface area contributed by atoms with Crippen LogP contribution < -0.4 is 10.3 Å². The zero-order valence-electron chi connectivity index (χ0n) is 15.2. The Hall–Kier alpha value is -3.15. The van der Waals surface area contributed by atoms with Gasteiger partial charge in [0.05, 0.1) is 24.1 Å². The van der Waals surface area contributed by atoms with Gasteiger partial charge in [0.2, 0.25) is 0 Å². The van der Waals surface area contributed by atoms with E-state index in [4.69, 9.17) is 9.47 Å². The van der Waals surface area contributed by atoms with Crippen LogP contribution in [0.25, 0.3) is 22.3 Å². The number of carbonyl (C=O) groups excluding carboxylic acids is 1. The van der Waals surface area contributed by atoms with E-state index >= 15 is 0 Å². The molecule has 0 aliphatic rings. The molecule has 3 aromatic rings. The van der Waals surface area contributed by atoms with Crippen molar-refractivity contribution in [1.29, 1.82) is 0 Å². The van der Waals surface area contributed by atoms with Crippen LogP contribution in [0.5, 0.6) is 5.75 Å². The lowest BCUT2D eigenvalue weighted by Crippen LogP contribution is -2.09. The number of hydrogen-bond donors (Lipinski definition) is 1. The van der Waals surface area contributed by atoms with Crippen LogP contribution in [0, 0.1) is 0 Å². The first-order valence-electron chi connectivity index (χ1n) is 9.05. The number of benzene rings is 2. The van der Waals surface area contributed by atoms with Crippen molar-refractivity contribution in [2.24, 2.45) is 0 Å². The van der Waals surface area contributed by atoms with E-state index in [0.29, 0.717) is 42.1 Å². The number of carbonyl (C=O) groups is 1. The maximum absolute atomic E-state index is 12.2. The molecule has 0 saturated heterocycles. The second-order valence-electron chi connectivity index (χ2n) is 6.07. The van der Waals surface area contributed by atoms with Crippen molar-refractivity contribution in [3.63, 3.8) is 0 Å². The molecule has 140 valence electrons.